The highest BCUT2D eigenvalue weighted by molar-refractivity contribution is 5.93. The molecule has 0 spiro atoms. The van der Waals surface area contributed by atoms with Crippen LogP contribution in [0.5, 0.6) is 0 Å². The lowest BCUT2D eigenvalue weighted by Gasteiger charge is -2.11. The maximum Gasteiger partial charge on any atom is 0.254 e. The number of hydrogen-bond acceptors (Lipinski definition) is 6. The highest BCUT2D eigenvalue weighted by Crippen LogP contribution is 2.14. The number of carbonyl (C=O) groups excluding carboxylic acids is 1. The van der Waals surface area contributed by atoms with Crippen LogP contribution >= 0.6 is 0 Å². The number of nitrogens with zero attached hydrogens (tertiary/aromatic N) is 4. The summed E-state index contributed by atoms with van der Waals surface area (Å²) in [5.74, 6) is 0.258. The van der Waals surface area contributed by atoms with Crippen molar-refractivity contribution in [2.75, 3.05) is 5.73 Å². The molecule has 8 heteroatoms. The van der Waals surface area contributed by atoms with Crippen molar-refractivity contribution in [2.24, 2.45) is 0 Å². The van der Waals surface area contributed by atoms with Crippen molar-refractivity contribution in [3.63, 3.8) is 0 Å². The molecule has 0 aliphatic heterocycles. The topological polar surface area (TPSA) is 119 Å². The number of aliphatic hydroxyl groups is 1. The molecule has 0 saturated heterocycles. The van der Waals surface area contributed by atoms with Gasteiger partial charge in [0.05, 0.1) is 36.3 Å². The molecule has 0 radical (unpaired) electrons. The van der Waals surface area contributed by atoms with E-state index in [1.165, 1.54) is 6.20 Å². The first-order chi connectivity index (χ1) is 13.0. The Morgan fingerprint density at radius 2 is 2.04 bits per heavy atom. The quantitative estimate of drug-likeness (QED) is 0.606. The van der Waals surface area contributed by atoms with Crippen LogP contribution in [0.4, 0.5) is 5.82 Å². The Morgan fingerprint density at radius 3 is 2.78 bits per heavy atom. The van der Waals surface area contributed by atoms with E-state index < -0.39 is 0 Å². The average molecular weight is 366 g/mol. The molecule has 3 heterocycles. The molecule has 8 nitrogen and oxygen atoms in total. The van der Waals surface area contributed by atoms with Gasteiger partial charge in [0.2, 0.25) is 0 Å². The van der Waals surface area contributed by atoms with Gasteiger partial charge in [-0.1, -0.05) is 6.07 Å². The molecule has 3 aromatic heterocycles. The minimum absolute atomic E-state index is 0.112. The summed E-state index contributed by atoms with van der Waals surface area (Å²) in [7, 11) is 0. The standard InChI is InChI=1S/C19H22N6O2/c1-12-6-18(20)23-13(2)17(12)8-21-19(27)14-7-22-25(9-14)10-15-4-3-5-16(11-26)24-15/h3-7,9,26H,8,10-11H2,1-2H3,(H2,20,23)(H,21,27). The van der Waals surface area contributed by atoms with Gasteiger partial charge in [0.25, 0.3) is 5.91 Å². The number of nitrogens with two attached hydrogens (primary N) is 1. The first-order valence-electron chi connectivity index (χ1n) is 8.55. The first kappa shape index (κ1) is 18.5. The molecule has 0 atom stereocenters. The Balaban J connectivity index is 1.65. The molecule has 0 saturated carbocycles. The molecule has 0 aliphatic carbocycles. The van der Waals surface area contributed by atoms with E-state index in [0.29, 0.717) is 30.2 Å². The van der Waals surface area contributed by atoms with E-state index in [4.69, 9.17) is 10.8 Å². The molecule has 0 bridgehead atoms. The van der Waals surface area contributed by atoms with Crippen molar-refractivity contribution in [1.82, 2.24) is 25.1 Å². The summed E-state index contributed by atoms with van der Waals surface area (Å²) in [6, 6.07) is 7.22. The molecule has 1 amide bonds. The van der Waals surface area contributed by atoms with Crippen molar-refractivity contribution < 1.29 is 9.90 Å². The lowest BCUT2D eigenvalue weighted by Crippen LogP contribution is -2.23. The number of rotatable bonds is 6. The summed E-state index contributed by atoms with van der Waals surface area (Å²) >= 11 is 0. The number of hydrogen-bond donors (Lipinski definition) is 3. The third kappa shape index (κ3) is 4.48. The Hall–Kier alpha value is -3.26. The Labute approximate surface area is 157 Å². The smallest absolute Gasteiger partial charge is 0.254 e. The SMILES string of the molecule is Cc1cc(N)nc(C)c1CNC(=O)c1cnn(Cc2cccc(CO)n2)c1. The molecular formula is C19H22N6O2. The second-order valence-electron chi connectivity index (χ2n) is 6.32. The molecular weight excluding hydrogens is 344 g/mol. The van der Waals surface area contributed by atoms with E-state index in [1.807, 2.05) is 26.0 Å². The van der Waals surface area contributed by atoms with Gasteiger partial charge < -0.3 is 16.2 Å². The molecule has 0 aromatic carbocycles. The third-order valence-electron chi connectivity index (χ3n) is 4.25. The lowest BCUT2D eigenvalue weighted by molar-refractivity contribution is 0.0950. The number of nitrogens with one attached hydrogen (secondary N) is 1. The predicted octanol–water partition coefficient (Wildman–Crippen LogP) is 1.34. The molecule has 0 aliphatic rings. The first-order valence-corrected chi connectivity index (χ1v) is 8.55. The molecule has 3 rings (SSSR count). The number of carbonyl (C=O) groups is 1. The minimum atomic E-state index is -0.214. The zero-order valence-corrected chi connectivity index (χ0v) is 15.3. The largest absolute Gasteiger partial charge is 0.390 e. The number of anilines is 1. The third-order valence-corrected chi connectivity index (χ3v) is 4.25. The summed E-state index contributed by atoms with van der Waals surface area (Å²) in [6.07, 6.45) is 3.19. The summed E-state index contributed by atoms with van der Waals surface area (Å²) in [5.41, 5.74) is 10.3. The van der Waals surface area contributed by atoms with Crippen molar-refractivity contribution in [3.05, 3.63) is 70.4 Å². The van der Waals surface area contributed by atoms with Gasteiger partial charge in [-0.25, -0.2) is 4.98 Å². The lowest BCUT2D eigenvalue weighted by atomic mass is 10.1. The molecule has 4 N–H and O–H groups in total. The fraction of sp³-hybridized carbons (Fsp3) is 0.263. The summed E-state index contributed by atoms with van der Waals surface area (Å²) in [4.78, 5) is 21.0. The van der Waals surface area contributed by atoms with E-state index in [0.717, 1.165) is 22.5 Å². The minimum Gasteiger partial charge on any atom is -0.390 e. The van der Waals surface area contributed by atoms with E-state index in [1.54, 1.807) is 23.0 Å². The van der Waals surface area contributed by atoms with Crippen LogP contribution in [0.1, 0.15) is 38.6 Å². The van der Waals surface area contributed by atoms with Gasteiger partial charge in [0.15, 0.2) is 0 Å². The molecule has 140 valence electrons. The van der Waals surface area contributed by atoms with Gasteiger partial charge in [-0.05, 0) is 43.2 Å². The number of amides is 1. The van der Waals surface area contributed by atoms with Crippen LogP contribution in [-0.4, -0.2) is 30.8 Å². The normalized spacial score (nSPS) is 10.8. The van der Waals surface area contributed by atoms with Crippen LogP contribution in [0, 0.1) is 13.8 Å². The summed E-state index contributed by atoms with van der Waals surface area (Å²) in [6.45, 7) is 4.49. The van der Waals surface area contributed by atoms with Crippen molar-refractivity contribution in [1.29, 1.82) is 0 Å². The number of nitrogen functional groups attached to an aromatic ring is 1. The maximum atomic E-state index is 12.4. The van der Waals surface area contributed by atoms with Crippen molar-refractivity contribution in [2.45, 2.75) is 33.5 Å². The summed E-state index contributed by atoms with van der Waals surface area (Å²) in [5, 5.41) is 16.3. The number of aromatic nitrogens is 4. The van der Waals surface area contributed by atoms with E-state index in [9.17, 15) is 4.79 Å². The molecule has 27 heavy (non-hydrogen) atoms. The van der Waals surface area contributed by atoms with Crippen LogP contribution in [0.2, 0.25) is 0 Å². The number of aliphatic hydroxyl groups excluding tert-OH is 1. The highest BCUT2D eigenvalue weighted by atomic mass is 16.3. The number of aryl methyl sites for hydroxylation is 2. The Kier molecular flexibility index (Phi) is 5.46. The zero-order chi connectivity index (χ0) is 19.4. The fourth-order valence-electron chi connectivity index (χ4n) is 2.86. The average Bonchev–Trinajstić information content (AvgIpc) is 3.09. The van der Waals surface area contributed by atoms with E-state index in [2.05, 4.69) is 20.4 Å². The van der Waals surface area contributed by atoms with Crippen molar-refractivity contribution in [3.8, 4) is 0 Å². The van der Waals surface area contributed by atoms with E-state index in [-0.39, 0.29) is 12.5 Å². The highest BCUT2D eigenvalue weighted by Gasteiger charge is 2.12. The van der Waals surface area contributed by atoms with Gasteiger partial charge in [-0.2, -0.15) is 5.10 Å². The van der Waals surface area contributed by atoms with Crippen LogP contribution in [-0.2, 0) is 19.7 Å². The summed E-state index contributed by atoms with van der Waals surface area (Å²) < 4.78 is 1.64. The van der Waals surface area contributed by atoms with Gasteiger partial charge in [-0.15, -0.1) is 0 Å². The Morgan fingerprint density at radius 1 is 1.26 bits per heavy atom. The number of pyridine rings is 2. The monoisotopic (exact) mass is 366 g/mol. The van der Waals surface area contributed by atoms with Crippen LogP contribution < -0.4 is 11.1 Å². The van der Waals surface area contributed by atoms with Crippen LogP contribution in [0.3, 0.4) is 0 Å². The van der Waals surface area contributed by atoms with Gasteiger partial charge in [0.1, 0.15) is 5.82 Å². The second-order valence-corrected chi connectivity index (χ2v) is 6.32. The molecule has 3 aromatic rings. The second kappa shape index (κ2) is 7.96. The molecule has 0 fully saturated rings. The van der Waals surface area contributed by atoms with Gasteiger partial charge in [-0.3, -0.25) is 14.5 Å². The van der Waals surface area contributed by atoms with Crippen LogP contribution in [0.25, 0.3) is 0 Å². The van der Waals surface area contributed by atoms with Gasteiger partial charge in [0, 0.05) is 18.4 Å². The van der Waals surface area contributed by atoms with Crippen LogP contribution in [0.15, 0.2) is 36.7 Å². The van der Waals surface area contributed by atoms with Gasteiger partial charge >= 0.3 is 0 Å². The van der Waals surface area contributed by atoms with Crippen molar-refractivity contribution >= 4 is 11.7 Å². The maximum absolute atomic E-state index is 12.4. The van der Waals surface area contributed by atoms with E-state index >= 15 is 0 Å². The zero-order valence-electron chi connectivity index (χ0n) is 15.3. The Bertz CT molecular complexity index is 943. The predicted molar refractivity (Wildman–Crippen MR) is 101 cm³/mol. The fourth-order valence-corrected chi connectivity index (χ4v) is 2.86. The molecule has 0 unspecified atom stereocenters.